The van der Waals surface area contributed by atoms with Crippen molar-refractivity contribution >= 4 is 40.8 Å². The molecule has 3 amide bonds. The van der Waals surface area contributed by atoms with Crippen LogP contribution in [0.15, 0.2) is 77.3 Å². The monoisotopic (exact) mass is 611 g/mol. The number of rotatable bonds is 12. The first-order chi connectivity index (χ1) is 21.7. The van der Waals surface area contributed by atoms with E-state index in [4.69, 9.17) is 9.26 Å². The molecule has 232 valence electrons. The number of benzene rings is 3. The van der Waals surface area contributed by atoms with Gasteiger partial charge in [-0.25, -0.2) is 0 Å². The smallest absolute Gasteiger partial charge is 0.303 e. The van der Waals surface area contributed by atoms with Crippen LogP contribution in [-0.4, -0.2) is 47.6 Å². The van der Waals surface area contributed by atoms with Crippen molar-refractivity contribution in [3.63, 3.8) is 0 Å². The van der Waals surface area contributed by atoms with E-state index in [0.717, 1.165) is 11.3 Å². The van der Waals surface area contributed by atoms with Gasteiger partial charge in [-0.3, -0.25) is 19.2 Å². The number of carboxylic acid groups (broad SMARTS) is 1. The molecule has 12 nitrogen and oxygen atoms in total. The molecule has 4 aromatic rings. The summed E-state index contributed by atoms with van der Waals surface area (Å²) in [6.07, 6.45) is -0.0241. The van der Waals surface area contributed by atoms with E-state index in [-0.39, 0.29) is 42.7 Å². The number of carboxylic acids is 1. The largest absolute Gasteiger partial charge is 0.495 e. The second-order valence-corrected chi connectivity index (χ2v) is 10.7. The maximum atomic E-state index is 13.1. The number of amides is 3. The van der Waals surface area contributed by atoms with E-state index >= 15 is 0 Å². The number of carbonyl (C=O) groups excluding carboxylic acids is 3. The Morgan fingerprint density at radius 1 is 1.04 bits per heavy atom. The zero-order chi connectivity index (χ0) is 31.9. The third-order valence-corrected chi connectivity index (χ3v) is 7.42. The zero-order valence-electron chi connectivity index (χ0n) is 24.8. The molecule has 1 aromatic heterocycles. The first-order valence-electron chi connectivity index (χ1n) is 14.4. The summed E-state index contributed by atoms with van der Waals surface area (Å²) in [4.78, 5) is 50.1. The Kier molecular flexibility index (Phi) is 9.42. The fraction of sp³-hybridized carbons (Fsp3) is 0.242. The van der Waals surface area contributed by atoms with Gasteiger partial charge >= 0.3 is 5.97 Å². The van der Waals surface area contributed by atoms with E-state index < -0.39 is 17.9 Å². The van der Waals surface area contributed by atoms with Crippen LogP contribution in [0.4, 0.5) is 17.1 Å². The fourth-order valence-electron chi connectivity index (χ4n) is 5.21. The van der Waals surface area contributed by atoms with Crippen LogP contribution in [0.2, 0.25) is 0 Å². The van der Waals surface area contributed by atoms with Crippen LogP contribution in [0.3, 0.4) is 0 Å². The van der Waals surface area contributed by atoms with Gasteiger partial charge in [0.25, 0.3) is 5.91 Å². The Labute approximate surface area is 259 Å². The van der Waals surface area contributed by atoms with E-state index in [0.29, 0.717) is 40.6 Å². The maximum Gasteiger partial charge on any atom is 0.303 e. The summed E-state index contributed by atoms with van der Waals surface area (Å²) in [6, 6.07) is 20.5. The molecule has 0 saturated carbocycles. The van der Waals surface area contributed by atoms with Gasteiger partial charge in [0, 0.05) is 30.4 Å². The molecule has 3 aromatic carbocycles. The minimum absolute atomic E-state index is 0.0272. The van der Waals surface area contributed by atoms with E-state index in [1.807, 2.05) is 24.3 Å². The molecule has 2 atom stereocenters. The number of aryl methyl sites for hydroxylation is 1. The topological polar surface area (TPSA) is 172 Å². The van der Waals surface area contributed by atoms with E-state index in [1.165, 1.54) is 13.2 Å². The van der Waals surface area contributed by atoms with Gasteiger partial charge in [-0.1, -0.05) is 41.6 Å². The number of aliphatic carboxylic acids is 1. The van der Waals surface area contributed by atoms with E-state index in [9.17, 15) is 24.3 Å². The summed E-state index contributed by atoms with van der Waals surface area (Å²) in [5, 5.41) is 24.8. The number of nitrogens with zero attached hydrogens (tertiary/aromatic N) is 1. The lowest BCUT2D eigenvalue weighted by molar-refractivity contribution is -0.137. The Bertz CT molecular complexity index is 1730. The van der Waals surface area contributed by atoms with Crippen molar-refractivity contribution in [3.05, 3.63) is 101 Å². The molecular weight excluding hydrogens is 578 g/mol. The van der Waals surface area contributed by atoms with Crippen molar-refractivity contribution in [3.8, 4) is 5.75 Å². The Morgan fingerprint density at radius 2 is 1.87 bits per heavy atom. The third-order valence-electron chi connectivity index (χ3n) is 7.42. The molecule has 2 unspecified atom stereocenters. The molecule has 0 bridgehead atoms. The van der Waals surface area contributed by atoms with Gasteiger partial charge in [-0.05, 0) is 60.4 Å². The van der Waals surface area contributed by atoms with Crippen LogP contribution in [0.25, 0.3) is 0 Å². The molecule has 12 heteroatoms. The lowest BCUT2D eigenvalue weighted by Crippen LogP contribution is -2.29. The summed E-state index contributed by atoms with van der Waals surface area (Å²) >= 11 is 0. The van der Waals surface area contributed by atoms with Crippen molar-refractivity contribution in [2.75, 3.05) is 29.6 Å². The molecule has 0 radical (unpaired) electrons. The molecule has 45 heavy (non-hydrogen) atoms. The van der Waals surface area contributed by atoms with Crippen LogP contribution >= 0.6 is 0 Å². The molecule has 1 aliphatic rings. The predicted octanol–water partition coefficient (Wildman–Crippen LogP) is 4.66. The summed E-state index contributed by atoms with van der Waals surface area (Å²) in [7, 11) is 1.50. The highest BCUT2D eigenvalue weighted by Gasteiger charge is 2.28. The molecule has 2 heterocycles. The highest BCUT2D eigenvalue weighted by atomic mass is 16.5. The molecule has 0 saturated heterocycles. The second-order valence-electron chi connectivity index (χ2n) is 10.7. The van der Waals surface area contributed by atoms with Crippen LogP contribution in [0, 0.1) is 6.92 Å². The molecule has 0 fully saturated rings. The first kappa shape index (κ1) is 30.8. The average molecular weight is 612 g/mol. The summed E-state index contributed by atoms with van der Waals surface area (Å²) in [5.74, 6) is -1.41. The number of hydrogen-bond acceptors (Lipinski definition) is 8. The van der Waals surface area contributed by atoms with Crippen molar-refractivity contribution in [1.29, 1.82) is 0 Å². The van der Waals surface area contributed by atoms with Crippen LogP contribution < -0.4 is 26.0 Å². The SMILES string of the molecule is COc1cc(CC(=O)Nc2cccc(C(CCC(=O)O)NC(=O)c3cc(C)on3)c2)ccc1NC(=O)C1CNc2ccccc21. The number of para-hydroxylation sites is 1. The summed E-state index contributed by atoms with van der Waals surface area (Å²) < 4.78 is 10.5. The average Bonchev–Trinajstić information content (AvgIpc) is 3.66. The number of anilines is 3. The minimum atomic E-state index is -1.00. The normalized spacial score (nSPS) is 14.0. The second kappa shape index (κ2) is 13.8. The van der Waals surface area contributed by atoms with Crippen molar-refractivity contribution in [2.45, 2.75) is 38.1 Å². The number of nitrogens with one attached hydrogen (secondary N) is 4. The lowest BCUT2D eigenvalue weighted by atomic mass is 10.0. The molecule has 1 aliphatic heterocycles. The van der Waals surface area contributed by atoms with Gasteiger partial charge in [-0.2, -0.15) is 0 Å². The quantitative estimate of drug-likeness (QED) is 0.153. The summed E-state index contributed by atoms with van der Waals surface area (Å²) in [6.45, 7) is 2.16. The number of carbonyl (C=O) groups is 4. The Balaban J connectivity index is 1.23. The highest BCUT2D eigenvalue weighted by Crippen LogP contribution is 2.33. The van der Waals surface area contributed by atoms with Gasteiger partial charge in [0.05, 0.1) is 31.2 Å². The third kappa shape index (κ3) is 7.66. The van der Waals surface area contributed by atoms with Gasteiger partial charge in [0.1, 0.15) is 11.5 Å². The number of fused-ring (bicyclic) bond motifs is 1. The summed E-state index contributed by atoms with van der Waals surface area (Å²) in [5.41, 5.74) is 4.22. The molecular formula is C33H33N5O7. The van der Waals surface area contributed by atoms with Crippen molar-refractivity contribution < 1.29 is 33.5 Å². The van der Waals surface area contributed by atoms with Gasteiger partial charge in [0.2, 0.25) is 11.8 Å². The molecule has 0 aliphatic carbocycles. The fourth-order valence-corrected chi connectivity index (χ4v) is 5.21. The van der Waals surface area contributed by atoms with Crippen LogP contribution in [-0.2, 0) is 20.8 Å². The van der Waals surface area contributed by atoms with Crippen LogP contribution in [0.1, 0.15) is 57.7 Å². The Hall–Kier alpha value is -5.65. The number of ether oxygens (including phenoxy) is 1. The minimum Gasteiger partial charge on any atom is -0.495 e. The van der Waals surface area contributed by atoms with E-state index in [2.05, 4.69) is 26.4 Å². The standard InChI is InChI=1S/C33H33N5O7/c1-19-14-28(38-45-19)33(43)36-25(12-13-31(40)41)21-6-5-7-22(17-21)35-30(39)16-20-10-11-27(29(15-20)44-2)37-32(42)24-18-34-26-9-4-3-8-23(24)26/h3-11,14-15,17,24-25,34H,12-13,16,18H2,1-2H3,(H,35,39)(H,36,43)(H,37,42)(H,40,41). The first-order valence-corrected chi connectivity index (χ1v) is 14.4. The number of aromatic nitrogens is 1. The van der Waals surface area contributed by atoms with Crippen LogP contribution in [0.5, 0.6) is 5.75 Å². The maximum absolute atomic E-state index is 13.1. The molecule has 5 N–H and O–H groups in total. The number of hydrogen-bond donors (Lipinski definition) is 5. The number of methoxy groups -OCH3 is 1. The van der Waals surface area contributed by atoms with E-state index in [1.54, 1.807) is 49.4 Å². The zero-order valence-corrected chi connectivity index (χ0v) is 24.8. The van der Waals surface area contributed by atoms with Gasteiger partial charge < -0.3 is 35.6 Å². The molecule has 0 spiro atoms. The predicted molar refractivity (Wildman–Crippen MR) is 166 cm³/mol. The van der Waals surface area contributed by atoms with Crippen molar-refractivity contribution in [1.82, 2.24) is 10.5 Å². The van der Waals surface area contributed by atoms with Crippen molar-refractivity contribution in [2.24, 2.45) is 0 Å². The highest BCUT2D eigenvalue weighted by molar-refractivity contribution is 5.99. The van der Waals surface area contributed by atoms with Gasteiger partial charge in [0.15, 0.2) is 5.69 Å². The lowest BCUT2D eigenvalue weighted by Gasteiger charge is -2.19. The Morgan fingerprint density at radius 3 is 2.62 bits per heavy atom. The van der Waals surface area contributed by atoms with Gasteiger partial charge in [-0.15, -0.1) is 0 Å². The molecule has 5 rings (SSSR count).